The van der Waals surface area contributed by atoms with Gasteiger partial charge in [-0.3, -0.25) is 0 Å². The zero-order chi connectivity index (χ0) is 21.5. The first-order chi connectivity index (χ1) is 14.5. The lowest BCUT2D eigenvalue weighted by atomic mass is 10.2. The summed E-state index contributed by atoms with van der Waals surface area (Å²) in [6, 6.07) is 13.4. The maximum absolute atomic E-state index is 12.1. The van der Waals surface area contributed by atoms with Crippen LogP contribution in [0, 0.1) is 0 Å². The van der Waals surface area contributed by atoms with E-state index < -0.39 is 0 Å². The fourth-order valence-corrected chi connectivity index (χ4v) is 4.40. The van der Waals surface area contributed by atoms with Gasteiger partial charge in [0, 0.05) is 23.9 Å². The molecule has 0 atom stereocenters. The SMILES string of the molecule is CCOC(=O)c1ccc2c(c1)nc(SCc1ccccc1Cl)n2CCCOC(C)C. The van der Waals surface area contributed by atoms with E-state index in [0.29, 0.717) is 18.8 Å². The summed E-state index contributed by atoms with van der Waals surface area (Å²) in [5.74, 6) is 0.389. The van der Waals surface area contributed by atoms with Gasteiger partial charge >= 0.3 is 5.97 Å². The van der Waals surface area contributed by atoms with Gasteiger partial charge in [0.1, 0.15) is 0 Å². The number of ether oxygens (including phenoxy) is 2. The van der Waals surface area contributed by atoms with Gasteiger partial charge in [-0.05, 0) is 57.0 Å². The van der Waals surface area contributed by atoms with Crippen molar-refractivity contribution in [2.75, 3.05) is 13.2 Å². The van der Waals surface area contributed by atoms with Crippen LogP contribution in [0.3, 0.4) is 0 Å². The Kier molecular flexibility index (Phi) is 8.19. The van der Waals surface area contributed by atoms with Crippen molar-refractivity contribution in [1.29, 1.82) is 0 Å². The first kappa shape index (κ1) is 22.7. The fourth-order valence-electron chi connectivity index (χ4n) is 3.07. The third-order valence-electron chi connectivity index (χ3n) is 4.52. The van der Waals surface area contributed by atoms with Crippen molar-refractivity contribution in [2.24, 2.45) is 0 Å². The van der Waals surface area contributed by atoms with Crippen LogP contribution in [-0.2, 0) is 21.8 Å². The van der Waals surface area contributed by atoms with E-state index in [4.69, 9.17) is 26.1 Å². The summed E-state index contributed by atoms with van der Waals surface area (Å²) in [6.07, 6.45) is 1.09. The number of hydrogen-bond donors (Lipinski definition) is 0. The van der Waals surface area contributed by atoms with Crippen LogP contribution in [0.25, 0.3) is 11.0 Å². The zero-order valence-corrected chi connectivity index (χ0v) is 19.1. The van der Waals surface area contributed by atoms with Gasteiger partial charge in [-0.25, -0.2) is 9.78 Å². The maximum Gasteiger partial charge on any atom is 0.338 e. The normalized spacial score (nSPS) is 11.4. The summed E-state index contributed by atoms with van der Waals surface area (Å²) in [5.41, 5.74) is 3.36. The van der Waals surface area contributed by atoms with E-state index in [1.54, 1.807) is 30.8 Å². The molecule has 5 nitrogen and oxygen atoms in total. The van der Waals surface area contributed by atoms with Gasteiger partial charge in [0.25, 0.3) is 0 Å². The number of carbonyl (C=O) groups is 1. The van der Waals surface area contributed by atoms with E-state index in [1.165, 1.54) is 0 Å². The van der Waals surface area contributed by atoms with Gasteiger partial charge in [-0.15, -0.1) is 0 Å². The molecule has 0 saturated carbocycles. The standard InChI is InChI=1S/C23H27ClN2O3S/c1-4-28-22(27)17-10-11-21-20(14-17)25-23(26(21)12-7-13-29-16(2)3)30-15-18-8-5-6-9-19(18)24/h5-6,8-11,14,16H,4,7,12-13,15H2,1-3H3. The van der Waals surface area contributed by atoms with Crippen LogP contribution in [0.2, 0.25) is 5.02 Å². The number of halogens is 1. The second-order valence-corrected chi connectivity index (χ2v) is 8.47. The summed E-state index contributed by atoms with van der Waals surface area (Å²) < 4.78 is 13.0. The summed E-state index contributed by atoms with van der Waals surface area (Å²) in [4.78, 5) is 16.9. The first-order valence-electron chi connectivity index (χ1n) is 10.1. The van der Waals surface area contributed by atoms with Gasteiger partial charge < -0.3 is 14.0 Å². The van der Waals surface area contributed by atoms with Gasteiger partial charge in [0.05, 0.1) is 29.3 Å². The highest BCUT2D eigenvalue weighted by Gasteiger charge is 2.15. The highest BCUT2D eigenvalue weighted by Crippen LogP contribution is 2.30. The van der Waals surface area contributed by atoms with Crippen LogP contribution in [0.5, 0.6) is 0 Å². The quantitative estimate of drug-likeness (QED) is 0.218. The average molecular weight is 447 g/mol. The van der Waals surface area contributed by atoms with E-state index in [2.05, 4.69) is 4.57 Å². The molecule has 3 aromatic rings. The first-order valence-corrected chi connectivity index (χ1v) is 11.5. The van der Waals surface area contributed by atoms with Gasteiger partial charge in [-0.2, -0.15) is 0 Å². The van der Waals surface area contributed by atoms with Crippen LogP contribution in [0.1, 0.15) is 43.1 Å². The van der Waals surface area contributed by atoms with Crippen LogP contribution >= 0.6 is 23.4 Å². The molecule has 0 spiro atoms. The maximum atomic E-state index is 12.1. The smallest absolute Gasteiger partial charge is 0.338 e. The van der Waals surface area contributed by atoms with Gasteiger partial charge in [0.15, 0.2) is 5.16 Å². The van der Waals surface area contributed by atoms with Gasteiger partial charge in [-0.1, -0.05) is 41.6 Å². The Morgan fingerprint density at radius 1 is 1.23 bits per heavy atom. The molecule has 0 N–H and O–H groups in total. The van der Waals surface area contributed by atoms with Crippen molar-refractivity contribution in [3.05, 3.63) is 58.6 Å². The Balaban J connectivity index is 1.86. The molecule has 0 unspecified atom stereocenters. The summed E-state index contributed by atoms with van der Waals surface area (Å²) in [6.45, 7) is 7.69. The third kappa shape index (κ3) is 5.78. The van der Waals surface area contributed by atoms with E-state index in [9.17, 15) is 4.79 Å². The largest absolute Gasteiger partial charge is 0.462 e. The molecule has 0 saturated heterocycles. The molecular formula is C23H27ClN2O3S. The molecule has 160 valence electrons. The number of aryl methyl sites for hydroxylation is 1. The topological polar surface area (TPSA) is 53.3 Å². The molecule has 0 bridgehead atoms. The predicted octanol–water partition coefficient (Wildman–Crippen LogP) is 5.97. The highest BCUT2D eigenvalue weighted by atomic mass is 35.5. The molecule has 1 aromatic heterocycles. The Morgan fingerprint density at radius 3 is 2.77 bits per heavy atom. The number of fused-ring (bicyclic) bond motifs is 1. The molecule has 0 aliphatic carbocycles. The third-order valence-corrected chi connectivity index (χ3v) is 5.91. The average Bonchev–Trinajstić information content (AvgIpc) is 3.07. The Morgan fingerprint density at radius 2 is 2.03 bits per heavy atom. The minimum Gasteiger partial charge on any atom is -0.462 e. The number of hydrogen-bond acceptors (Lipinski definition) is 5. The van der Waals surface area contributed by atoms with E-state index >= 15 is 0 Å². The van der Waals surface area contributed by atoms with Crippen molar-refractivity contribution in [1.82, 2.24) is 9.55 Å². The van der Waals surface area contributed by atoms with Gasteiger partial charge in [0.2, 0.25) is 0 Å². The van der Waals surface area contributed by atoms with Crippen molar-refractivity contribution < 1.29 is 14.3 Å². The van der Waals surface area contributed by atoms with Crippen molar-refractivity contribution in [2.45, 2.75) is 50.8 Å². The molecular weight excluding hydrogens is 420 g/mol. The number of imidazole rings is 1. The number of carbonyl (C=O) groups excluding carboxylic acids is 1. The minimum atomic E-state index is -0.329. The molecule has 1 heterocycles. The molecule has 7 heteroatoms. The molecule has 0 fully saturated rings. The van der Waals surface area contributed by atoms with Crippen molar-refractivity contribution in [3.63, 3.8) is 0 Å². The molecule has 30 heavy (non-hydrogen) atoms. The van der Waals surface area contributed by atoms with Crippen LogP contribution in [-0.4, -0.2) is 34.8 Å². The molecule has 2 aromatic carbocycles. The molecule has 0 amide bonds. The minimum absolute atomic E-state index is 0.214. The fraction of sp³-hybridized carbons (Fsp3) is 0.391. The lowest BCUT2D eigenvalue weighted by molar-refractivity contribution is 0.0526. The van der Waals surface area contributed by atoms with E-state index in [-0.39, 0.29) is 12.1 Å². The molecule has 0 aliphatic heterocycles. The van der Waals surface area contributed by atoms with Crippen LogP contribution < -0.4 is 0 Å². The lowest BCUT2D eigenvalue weighted by Gasteiger charge is -2.11. The second kappa shape index (κ2) is 10.8. The Hall–Kier alpha value is -2.02. The Bertz CT molecular complexity index is 1000. The van der Waals surface area contributed by atoms with Crippen molar-refractivity contribution in [3.8, 4) is 0 Å². The number of benzene rings is 2. The second-order valence-electron chi connectivity index (χ2n) is 7.12. The van der Waals surface area contributed by atoms with Crippen LogP contribution in [0.4, 0.5) is 0 Å². The van der Waals surface area contributed by atoms with E-state index in [1.807, 2.05) is 44.2 Å². The van der Waals surface area contributed by atoms with Crippen molar-refractivity contribution >= 4 is 40.4 Å². The summed E-state index contributed by atoms with van der Waals surface area (Å²) in [5, 5.41) is 1.65. The monoisotopic (exact) mass is 446 g/mol. The number of aromatic nitrogens is 2. The zero-order valence-electron chi connectivity index (χ0n) is 17.6. The molecule has 0 radical (unpaired) electrons. The molecule has 0 aliphatic rings. The summed E-state index contributed by atoms with van der Waals surface area (Å²) >= 11 is 7.96. The number of nitrogens with zero attached hydrogens (tertiary/aromatic N) is 2. The highest BCUT2D eigenvalue weighted by molar-refractivity contribution is 7.98. The molecule has 3 rings (SSSR count). The number of rotatable bonds is 10. The van der Waals surface area contributed by atoms with E-state index in [0.717, 1.165) is 45.5 Å². The predicted molar refractivity (Wildman–Crippen MR) is 122 cm³/mol. The Labute approximate surface area is 186 Å². The summed E-state index contributed by atoms with van der Waals surface area (Å²) in [7, 11) is 0. The number of esters is 1. The van der Waals surface area contributed by atoms with Crippen LogP contribution in [0.15, 0.2) is 47.6 Å². The lowest BCUT2D eigenvalue weighted by Crippen LogP contribution is -2.08. The number of thioether (sulfide) groups is 1.